The molecule has 5 rings (SSSR count). The van der Waals surface area contributed by atoms with E-state index in [0.29, 0.717) is 17.9 Å². The minimum atomic E-state index is -3.81. The summed E-state index contributed by atoms with van der Waals surface area (Å²) in [6.07, 6.45) is 3.40. The SMILES string of the molecule is Cc1[nH]ncc1CCCNC(=O)c1[nH]c2ccc(NS(=O)(=O)c3ccc(C(C)(C)C)cc3)cc2c1-c1ccccc1. The van der Waals surface area contributed by atoms with E-state index in [2.05, 4.69) is 46.0 Å². The van der Waals surface area contributed by atoms with Crippen molar-refractivity contribution in [3.8, 4) is 11.1 Å². The predicted octanol–water partition coefficient (Wildman–Crippen LogP) is 6.33. The molecule has 2 heterocycles. The fourth-order valence-corrected chi connectivity index (χ4v) is 5.92. The number of aryl methyl sites for hydroxylation is 2. The molecule has 0 aliphatic rings. The number of hydrogen-bond donors (Lipinski definition) is 4. The summed E-state index contributed by atoms with van der Waals surface area (Å²) in [5, 5.41) is 10.8. The molecule has 0 radical (unpaired) electrons. The van der Waals surface area contributed by atoms with Gasteiger partial charge < -0.3 is 10.3 Å². The van der Waals surface area contributed by atoms with Crippen molar-refractivity contribution in [2.45, 2.75) is 50.8 Å². The Kier molecular flexibility index (Phi) is 7.73. The molecule has 5 aromatic rings. The first-order valence-electron chi connectivity index (χ1n) is 13.6. The standard InChI is InChI=1S/C32H35N5O3S/c1-21-23(20-34-36-21)11-8-18-33-31(38)30-29(22-9-6-5-7-10-22)27-19-25(14-17-28(27)35-30)37-41(39,40)26-15-12-24(13-16-26)32(2,3)4/h5-7,9-10,12-17,19-20,35,37H,8,11,18H2,1-4H3,(H,33,38)(H,34,36). The Morgan fingerprint density at radius 3 is 2.37 bits per heavy atom. The second-order valence-electron chi connectivity index (χ2n) is 11.3. The van der Waals surface area contributed by atoms with Crippen molar-refractivity contribution in [1.82, 2.24) is 20.5 Å². The van der Waals surface area contributed by atoms with E-state index in [9.17, 15) is 13.2 Å². The second kappa shape index (κ2) is 11.2. The molecule has 0 spiro atoms. The van der Waals surface area contributed by atoms with Crippen molar-refractivity contribution < 1.29 is 13.2 Å². The minimum Gasteiger partial charge on any atom is -0.351 e. The van der Waals surface area contributed by atoms with Crippen LogP contribution in [0.3, 0.4) is 0 Å². The van der Waals surface area contributed by atoms with E-state index in [0.717, 1.165) is 51.7 Å². The first kappa shape index (κ1) is 28.2. The Morgan fingerprint density at radius 2 is 1.71 bits per heavy atom. The third-order valence-corrected chi connectivity index (χ3v) is 8.61. The molecule has 0 aliphatic carbocycles. The van der Waals surface area contributed by atoms with Gasteiger partial charge in [-0.25, -0.2) is 8.42 Å². The predicted molar refractivity (Wildman–Crippen MR) is 164 cm³/mol. The van der Waals surface area contributed by atoms with E-state index >= 15 is 0 Å². The van der Waals surface area contributed by atoms with Crippen LogP contribution in [0.4, 0.5) is 5.69 Å². The van der Waals surface area contributed by atoms with Gasteiger partial charge in [-0.05, 0) is 72.2 Å². The van der Waals surface area contributed by atoms with Crippen LogP contribution in [0.1, 0.15) is 54.5 Å². The topological polar surface area (TPSA) is 120 Å². The largest absolute Gasteiger partial charge is 0.351 e. The van der Waals surface area contributed by atoms with Crippen LogP contribution in [0.25, 0.3) is 22.0 Å². The normalized spacial score (nSPS) is 12.0. The number of amides is 1. The molecule has 2 aromatic heterocycles. The molecule has 0 atom stereocenters. The molecule has 9 heteroatoms. The Balaban J connectivity index is 1.42. The number of nitrogens with zero attached hydrogens (tertiary/aromatic N) is 1. The summed E-state index contributed by atoms with van der Waals surface area (Å²) in [6, 6.07) is 21.8. The number of carbonyl (C=O) groups is 1. The summed E-state index contributed by atoms with van der Waals surface area (Å²) in [5.74, 6) is -0.218. The highest BCUT2D eigenvalue weighted by atomic mass is 32.2. The summed E-state index contributed by atoms with van der Waals surface area (Å²) in [5.41, 5.74) is 6.31. The van der Waals surface area contributed by atoms with E-state index in [4.69, 9.17) is 0 Å². The molecule has 212 valence electrons. The summed E-state index contributed by atoms with van der Waals surface area (Å²) in [4.78, 5) is 16.8. The van der Waals surface area contributed by atoms with E-state index in [1.165, 1.54) is 0 Å². The van der Waals surface area contributed by atoms with Crippen LogP contribution in [0.2, 0.25) is 0 Å². The van der Waals surface area contributed by atoms with Crippen LogP contribution in [-0.4, -0.2) is 36.1 Å². The van der Waals surface area contributed by atoms with Gasteiger partial charge in [-0.3, -0.25) is 14.6 Å². The van der Waals surface area contributed by atoms with Gasteiger partial charge in [0.15, 0.2) is 0 Å². The zero-order chi connectivity index (χ0) is 29.2. The first-order chi connectivity index (χ1) is 19.5. The molecular weight excluding hydrogens is 534 g/mol. The second-order valence-corrected chi connectivity index (χ2v) is 12.9. The van der Waals surface area contributed by atoms with Crippen molar-refractivity contribution in [3.05, 3.63) is 102 Å². The van der Waals surface area contributed by atoms with Gasteiger partial charge in [0.1, 0.15) is 5.69 Å². The Hall–Kier alpha value is -4.37. The van der Waals surface area contributed by atoms with Crippen molar-refractivity contribution >= 4 is 32.5 Å². The number of anilines is 1. The van der Waals surface area contributed by atoms with Crippen LogP contribution < -0.4 is 10.0 Å². The molecule has 0 bridgehead atoms. The molecule has 8 nitrogen and oxygen atoms in total. The smallest absolute Gasteiger partial charge is 0.268 e. The van der Waals surface area contributed by atoms with E-state index < -0.39 is 10.0 Å². The van der Waals surface area contributed by atoms with Gasteiger partial charge in [0.2, 0.25) is 0 Å². The van der Waals surface area contributed by atoms with Crippen LogP contribution in [0.15, 0.2) is 83.9 Å². The Morgan fingerprint density at radius 1 is 0.976 bits per heavy atom. The molecule has 0 saturated heterocycles. The minimum absolute atomic E-state index is 0.0776. The van der Waals surface area contributed by atoms with E-state index in [1.54, 1.807) is 30.3 Å². The maximum atomic E-state index is 13.4. The summed E-state index contributed by atoms with van der Waals surface area (Å²) >= 11 is 0. The number of sulfonamides is 1. The first-order valence-corrected chi connectivity index (χ1v) is 15.1. The molecule has 4 N–H and O–H groups in total. The van der Waals surface area contributed by atoms with Gasteiger partial charge in [0, 0.05) is 34.4 Å². The lowest BCUT2D eigenvalue weighted by atomic mass is 9.87. The number of nitrogens with one attached hydrogen (secondary N) is 4. The van der Waals surface area contributed by atoms with Crippen molar-refractivity contribution in [3.63, 3.8) is 0 Å². The number of H-pyrrole nitrogens is 2. The van der Waals surface area contributed by atoms with Gasteiger partial charge in [0.25, 0.3) is 15.9 Å². The molecule has 1 amide bonds. The highest BCUT2D eigenvalue weighted by Crippen LogP contribution is 2.35. The fourth-order valence-electron chi connectivity index (χ4n) is 4.88. The summed E-state index contributed by atoms with van der Waals surface area (Å²) in [6.45, 7) is 8.74. The van der Waals surface area contributed by atoms with Crippen molar-refractivity contribution in [2.24, 2.45) is 0 Å². The third kappa shape index (κ3) is 6.20. The number of aromatic amines is 2. The lowest BCUT2D eigenvalue weighted by Gasteiger charge is -2.19. The lowest BCUT2D eigenvalue weighted by molar-refractivity contribution is 0.0949. The fraction of sp³-hybridized carbons (Fsp3) is 0.250. The molecular formula is C32H35N5O3S. The number of fused-ring (bicyclic) bond motifs is 1. The number of benzene rings is 3. The van der Waals surface area contributed by atoms with Gasteiger partial charge in [-0.2, -0.15) is 5.10 Å². The lowest BCUT2D eigenvalue weighted by Crippen LogP contribution is -2.25. The van der Waals surface area contributed by atoms with Crippen molar-refractivity contribution in [2.75, 3.05) is 11.3 Å². The van der Waals surface area contributed by atoms with Gasteiger partial charge in [-0.15, -0.1) is 0 Å². The van der Waals surface area contributed by atoms with Crippen LogP contribution >= 0.6 is 0 Å². The number of rotatable bonds is 9. The van der Waals surface area contributed by atoms with E-state index in [1.807, 2.05) is 55.6 Å². The number of hydrogen-bond acceptors (Lipinski definition) is 4. The van der Waals surface area contributed by atoms with Gasteiger partial charge >= 0.3 is 0 Å². The Bertz CT molecular complexity index is 1780. The highest BCUT2D eigenvalue weighted by Gasteiger charge is 2.21. The average molecular weight is 570 g/mol. The molecule has 0 aliphatic heterocycles. The number of aromatic nitrogens is 3. The zero-order valence-corrected chi connectivity index (χ0v) is 24.5. The Labute approximate surface area is 240 Å². The maximum absolute atomic E-state index is 13.4. The van der Waals surface area contributed by atoms with Crippen LogP contribution in [0.5, 0.6) is 0 Å². The van der Waals surface area contributed by atoms with Crippen molar-refractivity contribution in [1.29, 1.82) is 0 Å². The molecule has 0 saturated carbocycles. The molecule has 3 aromatic carbocycles. The maximum Gasteiger partial charge on any atom is 0.268 e. The molecule has 0 fully saturated rings. The average Bonchev–Trinajstić information content (AvgIpc) is 3.53. The summed E-state index contributed by atoms with van der Waals surface area (Å²) in [7, 11) is -3.81. The monoisotopic (exact) mass is 569 g/mol. The van der Waals surface area contributed by atoms with Crippen LogP contribution in [0, 0.1) is 6.92 Å². The highest BCUT2D eigenvalue weighted by molar-refractivity contribution is 7.92. The quantitative estimate of drug-likeness (QED) is 0.155. The van der Waals surface area contributed by atoms with Gasteiger partial charge in [0.05, 0.1) is 11.1 Å². The summed E-state index contributed by atoms with van der Waals surface area (Å²) < 4.78 is 29.2. The zero-order valence-electron chi connectivity index (χ0n) is 23.7. The third-order valence-electron chi connectivity index (χ3n) is 7.21. The molecule has 0 unspecified atom stereocenters. The van der Waals surface area contributed by atoms with Gasteiger partial charge in [-0.1, -0.05) is 63.2 Å². The van der Waals surface area contributed by atoms with Crippen LogP contribution in [-0.2, 0) is 21.9 Å². The van der Waals surface area contributed by atoms with E-state index in [-0.39, 0.29) is 16.2 Å². The number of carbonyl (C=O) groups excluding carboxylic acids is 1. The molecule has 41 heavy (non-hydrogen) atoms.